The van der Waals surface area contributed by atoms with E-state index in [9.17, 15) is 9.59 Å². The second-order valence-electron chi connectivity index (χ2n) is 9.82. The van der Waals surface area contributed by atoms with E-state index >= 15 is 0 Å². The summed E-state index contributed by atoms with van der Waals surface area (Å²) in [6, 6.07) is 30.4. The highest BCUT2D eigenvalue weighted by Gasteiger charge is 2.11. The molecule has 0 saturated heterocycles. The SMILES string of the molecule is CCc1cccc(CNCCCNC=O)c1.Cc1cccc(C(=O)N(C)Cc2cccnc2)c1.Cc1ccccc1. The van der Waals surface area contributed by atoms with Crippen molar-refractivity contribution in [3.63, 3.8) is 0 Å². The van der Waals surface area contributed by atoms with Crippen LogP contribution in [0.25, 0.3) is 0 Å². The lowest BCUT2D eigenvalue weighted by molar-refractivity contribution is -0.109. The number of aryl methyl sites for hydroxylation is 3. The van der Waals surface area contributed by atoms with E-state index in [1.54, 1.807) is 24.3 Å². The Labute approximate surface area is 245 Å². The quantitative estimate of drug-likeness (QED) is 0.173. The van der Waals surface area contributed by atoms with Crippen LogP contribution in [0.4, 0.5) is 0 Å². The maximum Gasteiger partial charge on any atom is 0.253 e. The normalized spacial score (nSPS) is 9.85. The summed E-state index contributed by atoms with van der Waals surface area (Å²) in [5.74, 6) is 0.0301. The molecule has 6 nitrogen and oxygen atoms in total. The number of hydrogen-bond donors (Lipinski definition) is 2. The van der Waals surface area contributed by atoms with Gasteiger partial charge in [-0.15, -0.1) is 0 Å². The van der Waals surface area contributed by atoms with Crippen molar-refractivity contribution in [2.75, 3.05) is 20.1 Å². The number of amides is 2. The fraction of sp³-hybridized carbons (Fsp3) is 0.286. The Morgan fingerprint density at radius 1 is 0.829 bits per heavy atom. The van der Waals surface area contributed by atoms with Crippen LogP contribution in [0.1, 0.15) is 51.5 Å². The van der Waals surface area contributed by atoms with Gasteiger partial charge in [-0.2, -0.15) is 0 Å². The Kier molecular flexibility index (Phi) is 15.8. The number of nitrogens with zero attached hydrogens (tertiary/aromatic N) is 2. The van der Waals surface area contributed by atoms with Gasteiger partial charge >= 0.3 is 0 Å². The van der Waals surface area contributed by atoms with Gasteiger partial charge in [0.1, 0.15) is 0 Å². The molecule has 0 saturated carbocycles. The van der Waals surface area contributed by atoms with Gasteiger partial charge in [0.05, 0.1) is 0 Å². The zero-order valence-electron chi connectivity index (χ0n) is 24.8. The minimum Gasteiger partial charge on any atom is -0.359 e. The monoisotopic (exact) mass is 552 g/mol. The predicted molar refractivity (Wildman–Crippen MR) is 169 cm³/mol. The van der Waals surface area contributed by atoms with E-state index in [1.807, 2.05) is 61.5 Å². The second-order valence-corrected chi connectivity index (χ2v) is 9.82. The third-order valence-electron chi connectivity index (χ3n) is 6.18. The van der Waals surface area contributed by atoms with Crippen LogP contribution in [0, 0.1) is 13.8 Å². The molecule has 0 spiro atoms. The first-order valence-electron chi connectivity index (χ1n) is 14.1. The molecular formula is C35H44N4O2. The van der Waals surface area contributed by atoms with Gasteiger partial charge in [0.15, 0.2) is 0 Å². The Morgan fingerprint density at radius 3 is 2.17 bits per heavy atom. The molecule has 4 rings (SSSR count). The predicted octanol–water partition coefficient (Wildman–Crippen LogP) is 6.13. The highest BCUT2D eigenvalue weighted by atomic mass is 16.2. The molecule has 0 aliphatic rings. The number of aromatic nitrogens is 1. The zero-order valence-corrected chi connectivity index (χ0v) is 24.8. The number of rotatable bonds is 11. The highest BCUT2D eigenvalue weighted by molar-refractivity contribution is 5.94. The molecule has 41 heavy (non-hydrogen) atoms. The van der Waals surface area contributed by atoms with Gasteiger partial charge < -0.3 is 15.5 Å². The molecule has 0 bridgehead atoms. The van der Waals surface area contributed by atoms with Gasteiger partial charge in [-0.25, -0.2) is 0 Å². The van der Waals surface area contributed by atoms with Crippen molar-refractivity contribution in [1.29, 1.82) is 0 Å². The van der Waals surface area contributed by atoms with Crippen LogP contribution in [0.3, 0.4) is 0 Å². The summed E-state index contributed by atoms with van der Waals surface area (Å²) in [5.41, 5.74) is 6.87. The molecule has 0 aliphatic heterocycles. The molecule has 0 radical (unpaired) electrons. The largest absolute Gasteiger partial charge is 0.359 e. The Hall–Kier alpha value is -4.29. The number of carbonyl (C=O) groups excluding carboxylic acids is 2. The van der Waals surface area contributed by atoms with Crippen molar-refractivity contribution < 1.29 is 9.59 Å². The smallest absolute Gasteiger partial charge is 0.253 e. The molecule has 3 aromatic carbocycles. The van der Waals surface area contributed by atoms with Crippen molar-refractivity contribution in [3.8, 4) is 0 Å². The molecule has 0 fully saturated rings. The summed E-state index contributed by atoms with van der Waals surface area (Å²) >= 11 is 0. The average Bonchev–Trinajstić information content (AvgIpc) is 3.00. The van der Waals surface area contributed by atoms with E-state index < -0.39 is 0 Å². The number of hydrogen-bond acceptors (Lipinski definition) is 4. The minimum atomic E-state index is 0.0301. The number of nitrogens with one attached hydrogen (secondary N) is 2. The Bertz CT molecular complexity index is 1280. The Balaban J connectivity index is 0.000000234. The molecule has 216 valence electrons. The lowest BCUT2D eigenvalue weighted by Gasteiger charge is -2.17. The van der Waals surface area contributed by atoms with E-state index in [0.717, 1.165) is 55.6 Å². The van der Waals surface area contributed by atoms with Crippen molar-refractivity contribution >= 4 is 12.3 Å². The van der Waals surface area contributed by atoms with E-state index in [4.69, 9.17) is 0 Å². The van der Waals surface area contributed by atoms with Crippen molar-refractivity contribution in [1.82, 2.24) is 20.5 Å². The summed E-state index contributed by atoms with van der Waals surface area (Å²) in [4.78, 5) is 28.0. The summed E-state index contributed by atoms with van der Waals surface area (Å²) in [6.07, 6.45) is 6.29. The van der Waals surface area contributed by atoms with Crippen LogP contribution in [0.15, 0.2) is 103 Å². The molecule has 0 unspecified atom stereocenters. The van der Waals surface area contributed by atoms with Crippen molar-refractivity contribution in [3.05, 3.63) is 137 Å². The van der Waals surface area contributed by atoms with Crippen molar-refractivity contribution in [2.45, 2.75) is 46.7 Å². The van der Waals surface area contributed by atoms with Gasteiger partial charge in [0.25, 0.3) is 5.91 Å². The van der Waals surface area contributed by atoms with Gasteiger partial charge in [-0.05, 0) is 68.1 Å². The average molecular weight is 553 g/mol. The lowest BCUT2D eigenvalue weighted by atomic mass is 10.1. The maximum absolute atomic E-state index is 12.2. The molecular weight excluding hydrogens is 508 g/mol. The molecule has 6 heteroatoms. The van der Waals surface area contributed by atoms with Crippen molar-refractivity contribution in [2.24, 2.45) is 0 Å². The molecule has 0 atom stereocenters. The molecule has 1 aromatic heterocycles. The van der Waals surface area contributed by atoms with Gasteiger partial charge in [0, 0.05) is 44.6 Å². The third kappa shape index (κ3) is 14.1. The molecule has 4 aromatic rings. The first-order chi connectivity index (χ1) is 19.9. The van der Waals surface area contributed by atoms with Gasteiger partial charge in [0.2, 0.25) is 6.41 Å². The van der Waals surface area contributed by atoms with Gasteiger partial charge in [-0.1, -0.05) is 90.8 Å². The summed E-state index contributed by atoms with van der Waals surface area (Å²) in [6.45, 7) is 9.37. The highest BCUT2D eigenvalue weighted by Crippen LogP contribution is 2.09. The zero-order chi connectivity index (χ0) is 29.7. The number of carbonyl (C=O) groups is 2. The molecule has 2 amide bonds. The van der Waals surface area contributed by atoms with Crippen LogP contribution in [0.5, 0.6) is 0 Å². The topological polar surface area (TPSA) is 74.3 Å². The fourth-order valence-corrected chi connectivity index (χ4v) is 3.94. The number of pyridine rings is 1. The minimum absolute atomic E-state index is 0.0301. The van der Waals surface area contributed by atoms with E-state index in [-0.39, 0.29) is 5.91 Å². The third-order valence-corrected chi connectivity index (χ3v) is 6.18. The molecule has 1 heterocycles. The summed E-state index contributed by atoms with van der Waals surface area (Å²) in [5, 5.41) is 6.00. The van der Waals surface area contributed by atoms with Gasteiger partial charge in [-0.3, -0.25) is 14.6 Å². The standard InChI is InChI=1S/C15H16N2O.C13H20N2O.C7H8/c1-12-5-3-7-14(9-12)15(18)17(2)11-13-6-4-8-16-10-13;1-2-12-5-3-6-13(9-12)10-14-7-4-8-15-11-16;1-7-5-3-2-4-6-7/h3-10H,11H2,1-2H3;3,5-6,9,11,14H,2,4,7-8,10H2,1H3,(H,15,16);2-6H,1H3. The van der Waals surface area contributed by atoms with E-state index in [1.165, 1.54) is 16.7 Å². The van der Waals surface area contributed by atoms with Crippen LogP contribution in [-0.4, -0.2) is 42.3 Å². The lowest BCUT2D eigenvalue weighted by Crippen LogP contribution is -2.26. The molecule has 2 N–H and O–H groups in total. The van der Waals surface area contributed by atoms with E-state index in [0.29, 0.717) is 6.54 Å². The first kappa shape index (κ1) is 32.9. The molecule has 0 aliphatic carbocycles. The van der Waals surface area contributed by atoms with Crippen LogP contribution in [0.2, 0.25) is 0 Å². The van der Waals surface area contributed by atoms with E-state index in [2.05, 4.69) is 65.9 Å². The number of benzene rings is 3. The second kappa shape index (κ2) is 19.7. The fourth-order valence-electron chi connectivity index (χ4n) is 3.94. The summed E-state index contributed by atoms with van der Waals surface area (Å²) < 4.78 is 0. The first-order valence-corrected chi connectivity index (χ1v) is 14.1. The van der Waals surface area contributed by atoms with Crippen LogP contribution in [-0.2, 0) is 24.3 Å². The summed E-state index contributed by atoms with van der Waals surface area (Å²) in [7, 11) is 1.80. The Morgan fingerprint density at radius 2 is 1.54 bits per heavy atom. The van der Waals surface area contributed by atoms with Crippen LogP contribution >= 0.6 is 0 Å². The maximum atomic E-state index is 12.2. The van der Waals surface area contributed by atoms with Crippen LogP contribution < -0.4 is 10.6 Å².